The number of aliphatic hydroxyl groups is 3. The van der Waals surface area contributed by atoms with Gasteiger partial charge in [0.15, 0.2) is 0 Å². The van der Waals surface area contributed by atoms with Crippen molar-refractivity contribution in [3.05, 3.63) is 0 Å². The van der Waals surface area contributed by atoms with E-state index in [-0.39, 0.29) is 12.0 Å². The van der Waals surface area contributed by atoms with Crippen molar-refractivity contribution >= 4 is 16.8 Å². The molecule has 1 saturated heterocycles. The minimum atomic E-state index is -1.06. The molecule has 2 aliphatic rings. The Morgan fingerprint density at radius 3 is 2.79 bits per heavy atom. The third-order valence-electron chi connectivity index (χ3n) is 2.47. The average molecular weight is 219 g/mol. The number of aliphatic imine (C=N–C) groups is 1. The third-order valence-corrected chi connectivity index (χ3v) is 3.53. The highest BCUT2D eigenvalue weighted by Gasteiger charge is 2.47. The maximum Gasteiger partial charge on any atom is 0.134 e. The lowest BCUT2D eigenvalue weighted by Gasteiger charge is -2.37. The molecule has 5 nitrogen and oxygen atoms in total. The van der Waals surface area contributed by atoms with E-state index in [2.05, 4.69) is 4.99 Å². The van der Waals surface area contributed by atoms with Gasteiger partial charge < -0.3 is 20.1 Å². The third kappa shape index (κ3) is 1.57. The molecule has 0 aliphatic carbocycles. The molecule has 0 radical (unpaired) electrons. The molecule has 0 aromatic carbocycles. The van der Waals surface area contributed by atoms with Crippen LogP contribution in [0.15, 0.2) is 4.99 Å². The lowest BCUT2D eigenvalue weighted by molar-refractivity contribution is -0.164. The van der Waals surface area contributed by atoms with Gasteiger partial charge in [-0.1, -0.05) is 11.8 Å². The van der Waals surface area contributed by atoms with Gasteiger partial charge in [-0.05, 0) is 6.92 Å². The van der Waals surface area contributed by atoms with Crippen LogP contribution in [-0.2, 0) is 4.74 Å². The molecule has 2 rings (SSSR count). The Bertz CT molecular complexity index is 260. The molecule has 80 valence electrons. The van der Waals surface area contributed by atoms with Gasteiger partial charge in [0.2, 0.25) is 0 Å². The average Bonchev–Trinajstić information content (AvgIpc) is 2.52. The zero-order valence-corrected chi connectivity index (χ0v) is 8.52. The number of rotatable bonds is 1. The largest absolute Gasteiger partial charge is 0.394 e. The van der Waals surface area contributed by atoms with Crippen molar-refractivity contribution in [3.8, 4) is 0 Å². The van der Waals surface area contributed by atoms with Crippen LogP contribution in [0.5, 0.6) is 0 Å². The molecule has 1 fully saturated rings. The first-order valence-electron chi connectivity index (χ1n) is 4.47. The summed E-state index contributed by atoms with van der Waals surface area (Å²) in [6.07, 6.45) is -2.72. The van der Waals surface area contributed by atoms with E-state index in [9.17, 15) is 10.2 Å². The van der Waals surface area contributed by atoms with Gasteiger partial charge in [-0.25, -0.2) is 0 Å². The quantitative estimate of drug-likeness (QED) is 0.525. The summed E-state index contributed by atoms with van der Waals surface area (Å²) in [5.74, 6) is 0. The summed E-state index contributed by atoms with van der Waals surface area (Å²) in [6.45, 7) is 1.54. The molecular weight excluding hydrogens is 206 g/mol. The smallest absolute Gasteiger partial charge is 0.134 e. The standard InChI is InChI=1S/C8H13NO4S/c1-3-9-5-7(12)6(11)4(2-10)13-8(5)14-3/h4-8,10-12H,2H2,1H3/t4?,5?,6-,7-,8+/m1/s1. The van der Waals surface area contributed by atoms with Crippen molar-refractivity contribution in [3.63, 3.8) is 0 Å². The van der Waals surface area contributed by atoms with Crippen LogP contribution in [0.2, 0.25) is 0 Å². The number of fused-ring (bicyclic) bond motifs is 1. The van der Waals surface area contributed by atoms with Crippen molar-refractivity contribution in [1.82, 2.24) is 0 Å². The Balaban J connectivity index is 2.14. The van der Waals surface area contributed by atoms with Crippen molar-refractivity contribution in [1.29, 1.82) is 0 Å². The lowest BCUT2D eigenvalue weighted by Crippen LogP contribution is -2.55. The monoisotopic (exact) mass is 219 g/mol. The topological polar surface area (TPSA) is 82.3 Å². The van der Waals surface area contributed by atoms with Crippen LogP contribution in [0.1, 0.15) is 6.92 Å². The second kappa shape index (κ2) is 3.79. The molecule has 2 aliphatic heterocycles. The SMILES string of the molecule is CC1=NC2[C@@H](O)[C@H](O)C(CO)O[C@H]2S1. The number of hydrogen-bond donors (Lipinski definition) is 3. The summed E-state index contributed by atoms with van der Waals surface area (Å²) in [4.78, 5) is 4.17. The Kier molecular flexibility index (Phi) is 2.81. The maximum absolute atomic E-state index is 9.71. The van der Waals surface area contributed by atoms with Gasteiger partial charge in [0, 0.05) is 0 Å². The molecule has 0 saturated carbocycles. The van der Waals surface area contributed by atoms with Gasteiger partial charge in [-0.2, -0.15) is 0 Å². The Hall–Kier alpha value is -0.140. The first kappa shape index (κ1) is 10.4. The van der Waals surface area contributed by atoms with Gasteiger partial charge >= 0.3 is 0 Å². The fraction of sp³-hybridized carbons (Fsp3) is 0.875. The van der Waals surface area contributed by atoms with E-state index in [0.717, 1.165) is 5.04 Å². The molecule has 2 unspecified atom stereocenters. The summed E-state index contributed by atoms with van der Waals surface area (Å²) >= 11 is 1.42. The van der Waals surface area contributed by atoms with Crippen LogP contribution < -0.4 is 0 Å². The Morgan fingerprint density at radius 2 is 2.14 bits per heavy atom. The molecule has 6 heteroatoms. The highest BCUT2D eigenvalue weighted by molar-refractivity contribution is 8.14. The summed E-state index contributed by atoms with van der Waals surface area (Å²) in [5.41, 5.74) is -0.273. The minimum absolute atomic E-state index is 0.273. The fourth-order valence-electron chi connectivity index (χ4n) is 1.71. The molecule has 0 amide bonds. The van der Waals surface area contributed by atoms with Crippen molar-refractivity contribution in [2.45, 2.75) is 36.7 Å². The molecule has 0 spiro atoms. The molecule has 3 N–H and O–H groups in total. The molecular formula is C8H13NO4S. The zero-order chi connectivity index (χ0) is 10.3. The second-order valence-corrected chi connectivity index (χ2v) is 4.75. The predicted octanol–water partition coefficient (Wildman–Crippen LogP) is -1.04. The summed E-state index contributed by atoms with van der Waals surface area (Å²) in [5, 5.41) is 29.0. The van der Waals surface area contributed by atoms with Crippen LogP contribution in [0, 0.1) is 0 Å². The number of nitrogens with zero attached hydrogens (tertiary/aromatic N) is 1. The van der Waals surface area contributed by atoms with Crippen LogP contribution in [0.25, 0.3) is 0 Å². The predicted molar refractivity (Wildman–Crippen MR) is 52.2 cm³/mol. The van der Waals surface area contributed by atoms with E-state index >= 15 is 0 Å². The van der Waals surface area contributed by atoms with Crippen molar-refractivity contribution < 1.29 is 20.1 Å². The van der Waals surface area contributed by atoms with Gasteiger partial charge in [0.1, 0.15) is 29.8 Å². The van der Waals surface area contributed by atoms with Gasteiger partial charge in [-0.3, -0.25) is 4.99 Å². The first-order chi connectivity index (χ1) is 6.63. The van der Waals surface area contributed by atoms with Crippen molar-refractivity contribution in [2.24, 2.45) is 4.99 Å². The molecule has 14 heavy (non-hydrogen) atoms. The molecule has 0 aromatic rings. The maximum atomic E-state index is 9.71. The number of thioether (sulfide) groups is 1. The molecule has 2 heterocycles. The Morgan fingerprint density at radius 1 is 1.43 bits per heavy atom. The second-order valence-electron chi connectivity index (χ2n) is 3.46. The van der Waals surface area contributed by atoms with Crippen LogP contribution in [0.3, 0.4) is 0 Å². The molecule has 0 aromatic heterocycles. The van der Waals surface area contributed by atoms with E-state index < -0.39 is 24.4 Å². The summed E-state index contributed by atoms with van der Waals surface area (Å²) in [7, 11) is 0. The highest BCUT2D eigenvalue weighted by atomic mass is 32.2. The number of hydrogen-bond acceptors (Lipinski definition) is 6. The number of ether oxygens (including phenoxy) is 1. The van der Waals surface area contributed by atoms with E-state index in [0.29, 0.717) is 0 Å². The van der Waals surface area contributed by atoms with Crippen LogP contribution in [-0.4, -0.2) is 56.8 Å². The van der Waals surface area contributed by atoms with E-state index in [4.69, 9.17) is 9.84 Å². The van der Waals surface area contributed by atoms with Gasteiger partial charge in [0.25, 0.3) is 0 Å². The summed E-state index contributed by atoms with van der Waals surface area (Å²) < 4.78 is 5.40. The van der Waals surface area contributed by atoms with Crippen molar-refractivity contribution in [2.75, 3.05) is 6.61 Å². The van der Waals surface area contributed by atoms with E-state index in [1.165, 1.54) is 11.8 Å². The summed E-state index contributed by atoms with van der Waals surface area (Å²) in [6, 6.07) is -0.405. The molecule has 0 bridgehead atoms. The van der Waals surface area contributed by atoms with E-state index in [1.54, 1.807) is 0 Å². The van der Waals surface area contributed by atoms with Gasteiger partial charge in [-0.15, -0.1) is 0 Å². The van der Waals surface area contributed by atoms with E-state index in [1.807, 2.05) is 6.92 Å². The lowest BCUT2D eigenvalue weighted by atomic mass is 9.99. The minimum Gasteiger partial charge on any atom is -0.394 e. The van der Waals surface area contributed by atoms with Crippen LogP contribution >= 0.6 is 11.8 Å². The normalized spacial score (nSPS) is 47.4. The fourth-order valence-corrected chi connectivity index (χ4v) is 2.79. The van der Waals surface area contributed by atoms with Crippen LogP contribution in [0.4, 0.5) is 0 Å². The number of aliphatic hydroxyl groups excluding tert-OH is 3. The van der Waals surface area contributed by atoms with Gasteiger partial charge in [0.05, 0.1) is 11.7 Å². The zero-order valence-electron chi connectivity index (χ0n) is 7.70. The Labute approximate surface area is 85.8 Å². The first-order valence-corrected chi connectivity index (χ1v) is 5.35. The molecule has 5 atom stereocenters. The highest BCUT2D eigenvalue weighted by Crippen LogP contribution is 2.36.